The topological polar surface area (TPSA) is 61.8 Å². The van der Waals surface area contributed by atoms with Gasteiger partial charge < -0.3 is 14.2 Å². The van der Waals surface area contributed by atoms with E-state index in [9.17, 15) is 9.59 Å². The summed E-state index contributed by atoms with van der Waals surface area (Å²) < 4.78 is 15.8. The van der Waals surface area contributed by atoms with E-state index >= 15 is 0 Å². The summed E-state index contributed by atoms with van der Waals surface area (Å²) in [5.74, 6) is 0.470. The van der Waals surface area contributed by atoms with Gasteiger partial charge in [0.15, 0.2) is 0 Å². The Hall–Kier alpha value is -2.82. The van der Waals surface area contributed by atoms with Gasteiger partial charge in [-0.05, 0) is 61.4 Å². The lowest BCUT2D eigenvalue weighted by molar-refractivity contribution is 0.0459. The molecule has 0 unspecified atom stereocenters. The minimum Gasteiger partial charge on any atom is -0.494 e. The zero-order valence-corrected chi connectivity index (χ0v) is 14.7. The van der Waals surface area contributed by atoms with Crippen molar-refractivity contribution in [1.82, 2.24) is 0 Å². The van der Waals surface area contributed by atoms with Gasteiger partial charge in [-0.15, -0.1) is 0 Å². The van der Waals surface area contributed by atoms with Crippen LogP contribution in [0.2, 0.25) is 0 Å². The number of carbonyl (C=O) groups excluding carboxylic acids is 2. The van der Waals surface area contributed by atoms with Gasteiger partial charge in [-0.25, -0.2) is 9.59 Å². The Morgan fingerprint density at radius 2 is 1.36 bits per heavy atom. The van der Waals surface area contributed by atoms with Crippen molar-refractivity contribution in [3.8, 4) is 11.5 Å². The van der Waals surface area contributed by atoms with Gasteiger partial charge >= 0.3 is 11.9 Å². The molecule has 2 aromatic carbocycles. The number of benzene rings is 2. The first kappa shape index (κ1) is 18.5. The summed E-state index contributed by atoms with van der Waals surface area (Å²) in [5.41, 5.74) is 0.838. The monoisotopic (exact) mass is 342 g/mol. The van der Waals surface area contributed by atoms with Gasteiger partial charge in [0.25, 0.3) is 0 Å². The van der Waals surface area contributed by atoms with Crippen LogP contribution in [-0.4, -0.2) is 25.2 Å². The van der Waals surface area contributed by atoms with Crippen molar-refractivity contribution in [3.05, 3.63) is 59.7 Å². The molecule has 0 aliphatic carbocycles. The van der Waals surface area contributed by atoms with Crippen molar-refractivity contribution in [3.63, 3.8) is 0 Å². The van der Waals surface area contributed by atoms with E-state index < -0.39 is 11.9 Å². The summed E-state index contributed by atoms with van der Waals surface area (Å²) in [4.78, 5) is 24.0. The van der Waals surface area contributed by atoms with Crippen LogP contribution in [0.15, 0.2) is 48.5 Å². The van der Waals surface area contributed by atoms with Crippen molar-refractivity contribution in [2.75, 3.05) is 13.2 Å². The van der Waals surface area contributed by atoms with E-state index in [0.29, 0.717) is 35.8 Å². The molecule has 0 spiro atoms. The molecule has 0 N–H and O–H groups in total. The van der Waals surface area contributed by atoms with Crippen LogP contribution >= 0.6 is 0 Å². The summed E-state index contributed by atoms with van der Waals surface area (Å²) in [6.45, 7) is 6.76. The Morgan fingerprint density at radius 3 is 1.88 bits per heavy atom. The number of ether oxygens (including phenoxy) is 3. The van der Waals surface area contributed by atoms with Crippen LogP contribution < -0.4 is 9.47 Å². The highest BCUT2D eigenvalue weighted by molar-refractivity contribution is 5.92. The van der Waals surface area contributed by atoms with Crippen LogP contribution in [-0.2, 0) is 4.74 Å². The van der Waals surface area contributed by atoms with Crippen LogP contribution in [0.3, 0.4) is 0 Å². The Labute approximate surface area is 147 Å². The second kappa shape index (κ2) is 8.87. The first-order chi connectivity index (χ1) is 12.0. The number of carbonyl (C=O) groups is 2. The van der Waals surface area contributed by atoms with Gasteiger partial charge in [0.1, 0.15) is 11.5 Å². The van der Waals surface area contributed by atoms with E-state index in [1.165, 1.54) is 0 Å². The lowest BCUT2D eigenvalue weighted by Crippen LogP contribution is -2.11. The van der Waals surface area contributed by atoms with Crippen molar-refractivity contribution in [1.29, 1.82) is 0 Å². The fourth-order valence-electron chi connectivity index (χ4n) is 2.00. The average Bonchev–Trinajstić information content (AvgIpc) is 2.61. The molecule has 0 heterocycles. The van der Waals surface area contributed by atoms with E-state index in [-0.39, 0.29) is 5.92 Å². The molecule has 2 aromatic rings. The molecule has 0 atom stereocenters. The summed E-state index contributed by atoms with van der Waals surface area (Å²) in [5, 5.41) is 0. The second-order valence-corrected chi connectivity index (χ2v) is 5.86. The fourth-order valence-corrected chi connectivity index (χ4v) is 2.00. The second-order valence-electron chi connectivity index (χ2n) is 5.86. The molecule has 0 bridgehead atoms. The van der Waals surface area contributed by atoms with Gasteiger partial charge in [-0.1, -0.05) is 13.8 Å². The van der Waals surface area contributed by atoms with Crippen LogP contribution in [0.5, 0.6) is 11.5 Å². The third kappa shape index (κ3) is 5.64. The van der Waals surface area contributed by atoms with E-state index in [2.05, 4.69) is 0 Å². The first-order valence-corrected chi connectivity index (χ1v) is 8.21. The van der Waals surface area contributed by atoms with Gasteiger partial charge in [-0.3, -0.25) is 0 Å². The molecule has 0 amide bonds. The van der Waals surface area contributed by atoms with Crippen molar-refractivity contribution in [2.45, 2.75) is 20.8 Å². The first-order valence-electron chi connectivity index (χ1n) is 8.21. The van der Waals surface area contributed by atoms with Crippen LogP contribution in [0, 0.1) is 5.92 Å². The lowest BCUT2D eigenvalue weighted by atomic mass is 10.2. The van der Waals surface area contributed by atoms with Crippen molar-refractivity contribution < 1.29 is 23.8 Å². The molecule has 0 aromatic heterocycles. The predicted molar refractivity (Wildman–Crippen MR) is 94.1 cm³/mol. The summed E-state index contributed by atoms with van der Waals surface area (Å²) in [7, 11) is 0. The maximum atomic E-state index is 12.1. The van der Waals surface area contributed by atoms with Gasteiger partial charge in [0, 0.05) is 0 Å². The normalized spacial score (nSPS) is 10.4. The molecule has 0 saturated carbocycles. The van der Waals surface area contributed by atoms with Crippen molar-refractivity contribution >= 4 is 11.9 Å². The molecule has 0 saturated heterocycles. The molecule has 5 heteroatoms. The molecule has 0 radical (unpaired) electrons. The Bertz CT molecular complexity index is 702. The van der Waals surface area contributed by atoms with Crippen molar-refractivity contribution in [2.24, 2.45) is 5.92 Å². The lowest BCUT2D eigenvalue weighted by Gasteiger charge is -2.08. The highest BCUT2D eigenvalue weighted by Crippen LogP contribution is 2.17. The predicted octanol–water partition coefficient (Wildman–Crippen LogP) is 4.12. The SMILES string of the molecule is CCOc1ccc(C(=O)Oc2ccc(C(=O)OCC(C)C)cc2)cc1. The molecule has 25 heavy (non-hydrogen) atoms. The highest BCUT2D eigenvalue weighted by Gasteiger charge is 2.11. The summed E-state index contributed by atoms with van der Waals surface area (Å²) >= 11 is 0. The van der Waals surface area contributed by atoms with Gasteiger partial charge in [0.05, 0.1) is 24.3 Å². The van der Waals surface area contributed by atoms with Crippen LogP contribution in [0.4, 0.5) is 0 Å². The zero-order chi connectivity index (χ0) is 18.2. The highest BCUT2D eigenvalue weighted by atomic mass is 16.5. The number of esters is 2. The van der Waals surface area contributed by atoms with E-state index in [1.54, 1.807) is 48.5 Å². The Morgan fingerprint density at radius 1 is 0.840 bits per heavy atom. The zero-order valence-electron chi connectivity index (χ0n) is 14.7. The number of hydrogen-bond acceptors (Lipinski definition) is 5. The summed E-state index contributed by atoms with van der Waals surface area (Å²) in [6, 6.07) is 13.0. The van der Waals surface area contributed by atoms with E-state index in [0.717, 1.165) is 0 Å². The van der Waals surface area contributed by atoms with E-state index in [4.69, 9.17) is 14.2 Å². The molecule has 0 fully saturated rings. The minimum atomic E-state index is -0.474. The average molecular weight is 342 g/mol. The minimum absolute atomic E-state index is 0.276. The third-order valence-electron chi connectivity index (χ3n) is 3.25. The van der Waals surface area contributed by atoms with Gasteiger partial charge in [0.2, 0.25) is 0 Å². The molecule has 0 aliphatic heterocycles. The Balaban J connectivity index is 1.96. The number of rotatable bonds is 7. The molecular formula is C20H22O5. The largest absolute Gasteiger partial charge is 0.494 e. The molecule has 0 aliphatic rings. The fraction of sp³-hybridized carbons (Fsp3) is 0.300. The number of hydrogen-bond donors (Lipinski definition) is 0. The summed E-state index contributed by atoms with van der Waals surface area (Å²) in [6.07, 6.45) is 0. The van der Waals surface area contributed by atoms with E-state index in [1.807, 2.05) is 20.8 Å². The maximum absolute atomic E-state index is 12.1. The van der Waals surface area contributed by atoms with Gasteiger partial charge in [-0.2, -0.15) is 0 Å². The smallest absolute Gasteiger partial charge is 0.343 e. The molecule has 2 rings (SSSR count). The molecule has 5 nitrogen and oxygen atoms in total. The molecule has 132 valence electrons. The maximum Gasteiger partial charge on any atom is 0.343 e. The van der Waals surface area contributed by atoms with Crippen LogP contribution in [0.1, 0.15) is 41.5 Å². The quantitative estimate of drug-likeness (QED) is 0.559. The van der Waals surface area contributed by atoms with Crippen LogP contribution in [0.25, 0.3) is 0 Å². The molecular weight excluding hydrogens is 320 g/mol. The Kier molecular flexibility index (Phi) is 6.57. The third-order valence-corrected chi connectivity index (χ3v) is 3.25. The standard InChI is InChI=1S/C20H22O5/c1-4-23-17-9-5-16(6-10-17)20(22)25-18-11-7-15(8-12-18)19(21)24-13-14(2)3/h5-12,14H,4,13H2,1-3H3.